The van der Waals surface area contributed by atoms with Crippen molar-refractivity contribution < 1.29 is 33.1 Å². The lowest BCUT2D eigenvalue weighted by Gasteiger charge is -2.17. The largest absolute Gasteiger partial charge is 0.496 e. The van der Waals surface area contributed by atoms with Gasteiger partial charge in [-0.3, -0.25) is 9.59 Å². The molecule has 0 saturated carbocycles. The first-order valence-electron chi connectivity index (χ1n) is 9.63. The molecule has 0 aliphatic carbocycles. The van der Waals surface area contributed by atoms with Gasteiger partial charge >= 0.3 is 0 Å². The van der Waals surface area contributed by atoms with E-state index < -0.39 is 13.3 Å². The second-order valence-corrected chi connectivity index (χ2v) is 8.27. The maximum atomic E-state index is 13.5. The number of carbonyl (C=O) groups excluding carboxylic acids is 2. The molecular formula is C24H23O7P. The average Bonchev–Trinajstić information content (AvgIpc) is 2.86. The fraction of sp³-hybridized carbons (Fsp3) is 0.167. The number of rotatable bonds is 9. The smallest absolute Gasteiger partial charge is 0.230 e. The van der Waals surface area contributed by atoms with Crippen molar-refractivity contribution >= 4 is 24.4 Å². The SMILES string of the molecule is COc1cccc(OC)c1C(=O)[PH](=O)c1ccc(OC)c(C(=O)c2ccccc2)c1OC. The molecule has 166 valence electrons. The van der Waals surface area contributed by atoms with Crippen molar-refractivity contribution in [1.82, 2.24) is 0 Å². The van der Waals surface area contributed by atoms with Crippen LogP contribution in [0.1, 0.15) is 26.3 Å². The zero-order valence-electron chi connectivity index (χ0n) is 18.1. The Labute approximate surface area is 186 Å². The fourth-order valence-corrected chi connectivity index (χ4v) is 4.77. The number of carbonyl (C=O) groups is 2. The third kappa shape index (κ3) is 4.25. The highest BCUT2D eigenvalue weighted by Crippen LogP contribution is 2.41. The van der Waals surface area contributed by atoms with E-state index in [-0.39, 0.29) is 45.2 Å². The summed E-state index contributed by atoms with van der Waals surface area (Å²) in [4.78, 5) is 26.5. The van der Waals surface area contributed by atoms with Gasteiger partial charge in [0.25, 0.3) is 0 Å². The Hall–Kier alpha value is -3.57. The summed E-state index contributed by atoms with van der Waals surface area (Å²) in [5.41, 5.74) is -0.114. The summed E-state index contributed by atoms with van der Waals surface area (Å²) in [6.45, 7) is 0. The van der Waals surface area contributed by atoms with E-state index in [1.54, 1.807) is 48.5 Å². The molecule has 3 rings (SSSR count). The molecule has 0 heterocycles. The van der Waals surface area contributed by atoms with Crippen molar-refractivity contribution in [3.8, 4) is 23.0 Å². The molecule has 7 nitrogen and oxygen atoms in total. The van der Waals surface area contributed by atoms with Gasteiger partial charge in [0, 0.05) is 5.56 Å². The molecule has 0 spiro atoms. The van der Waals surface area contributed by atoms with Crippen LogP contribution >= 0.6 is 7.80 Å². The Balaban J connectivity index is 2.16. The molecule has 0 fully saturated rings. The van der Waals surface area contributed by atoms with E-state index in [4.69, 9.17) is 18.9 Å². The van der Waals surface area contributed by atoms with Gasteiger partial charge in [-0.1, -0.05) is 36.4 Å². The van der Waals surface area contributed by atoms with Crippen LogP contribution in [0.5, 0.6) is 23.0 Å². The topological polar surface area (TPSA) is 88.1 Å². The van der Waals surface area contributed by atoms with E-state index in [0.29, 0.717) is 5.56 Å². The second-order valence-electron chi connectivity index (χ2n) is 6.61. The van der Waals surface area contributed by atoms with Crippen molar-refractivity contribution in [3.05, 3.63) is 77.4 Å². The van der Waals surface area contributed by atoms with Crippen LogP contribution in [0.25, 0.3) is 0 Å². The van der Waals surface area contributed by atoms with Crippen LogP contribution < -0.4 is 24.3 Å². The monoisotopic (exact) mass is 454 g/mol. The summed E-state index contributed by atoms with van der Waals surface area (Å²) in [7, 11) is 2.45. The van der Waals surface area contributed by atoms with Gasteiger partial charge in [0.2, 0.25) is 11.3 Å². The van der Waals surface area contributed by atoms with E-state index in [0.717, 1.165) is 0 Å². The van der Waals surface area contributed by atoms with E-state index in [2.05, 4.69) is 0 Å². The van der Waals surface area contributed by atoms with Gasteiger partial charge in [-0.2, -0.15) is 0 Å². The highest BCUT2D eigenvalue weighted by atomic mass is 31.1. The average molecular weight is 454 g/mol. The molecule has 1 atom stereocenters. The van der Waals surface area contributed by atoms with Crippen LogP contribution in [0.3, 0.4) is 0 Å². The lowest BCUT2D eigenvalue weighted by molar-refractivity contribution is 0.103. The van der Waals surface area contributed by atoms with Crippen LogP contribution in [0.2, 0.25) is 0 Å². The number of ether oxygens (including phenoxy) is 4. The molecule has 8 heteroatoms. The Bertz CT molecular complexity index is 1150. The predicted molar refractivity (Wildman–Crippen MR) is 122 cm³/mol. The maximum Gasteiger partial charge on any atom is 0.230 e. The molecule has 0 aliphatic rings. The number of benzene rings is 3. The first-order valence-corrected chi connectivity index (χ1v) is 11.0. The van der Waals surface area contributed by atoms with Crippen LogP contribution in [0.15, 0.2) is 60.7 Å². The van der Waals surface area contributed by atoms with Crippen LogP contribution in [-0.2, 0) is 4.57 Å². The lowest BCUT2D eigenvalue weighted by atomic mass is 10.0. The molecule has 3 aromatic carbocycles. The summed E-state index contributed by atoms with van der Waals surface area (Å²) in [6.07, 6.45) is 0. The van der Waals surface area contributed by atoms with E-state index in [1.807, 2.05) is 0 Å². The van der Waals surface area contributed by atoms with Crippen LogP contribution in [-0.4, -0.2) is 39.7 Å². The molecule has 0 radical (unpaired) electrons. The van der Waals surface area contributed by atoms with E-state index in [1.165, 1.54) is 40.6 Å². The fourth-order valence-electron chi connectivity index (χ4n) is 3.39. The van der Waals surface area contributed by atoms with Crippen molar-refractivity contribution in [2.75, 3.05) is 28.4 Å². The number of ketones is 1. The van der Waals surface area contributed by atoms with Gasteiger partial charge in [0.15, 0.2) is 7.80 Å². The lowest BCUT2D eigenvalue weighted by Crippen LogP contribution is -2.15. The highest BCUT2D eigenvalue weighted by Gasteiger charge is 2.30. The quantitative estimate of drug-likeness (QED) is 0.357. The molecule has 1 unspecified atom stereocenters. The minimum Gasteiger partial charge on any atom is -0.496 e. The molecule has 0 amide bonds. The zero-order chi connectivity index (χ0) is 23.3. The van der Waals surface area contributed by atoms with E-state index >= 15 is 0 Å². The highest BCUT2D eigenvalue weighted by molar-refractivity contribution is 7.71. The summed E-state index contributed by atoms with van der Waals surface area (Å²) >= 11 is 0. The van der Waals surface area contributed by atoms with Crippen LogP contribution in [0.4, 0.5) is 0 Å². The van der Waals surface area contributed by atoms with Crippen molar-refractivity contribution in [1.29, 1.82) is 0 Å². The Morgan fingerprint density at radius 2 is 1.22 bits per heavy atom. The first kappa shape index (κ1) is 23.1. The van der Waals surface area contributed by atoms with Crippen molar-refractivity contribution in [2.24, 2.45) is 0 Å². The van der Waals surface area contributed by atoms with Gasteiger partial charge in [-0.25, -0.2) is 0 Å². The summed E-state index contributed by atoms with van der Waals surface area (Å²) in [6, 6.07) is 16.4. The Morgan fingerprint density at radius 1 is 0.656 bits per heavy atom. The maximum absolute atomic E-state index is 13.5. The second kappa shape index (κ2) is 10.2. The first-order chi connectivity index (χ1) is 15.5. The van der Waals surface area contributed by atoms with Crippen molar-refractivity contribution in [2.45, 2.75) is 0 Å². The summed E-state index contributed by atoms with van der Waals surface area (Å²) in [5.74, 6) is 0.376. The van der Waals surface area contributed by atoms with Gasteiger partial charge in [-0.05, 0) is 24.3 Å². The zero-order valence-corrected chi connectivity index (χ0v) is 19.1. The number of methoxy groups -OCH3 is 4. The minimum absolute atomic E-state index is 0.0318. The normalized spacial score (nSPS) is 11.4. The molecule has 0 bridgehead atoms. The number of hydrogen-bond acceptors (Lipinski definition) is 7. The summed E-state index contributed by atoms with van der Waals surface area (Å²) < 4.78 is 34.9. The molecule has 0 aromatic heterocycles. The van der Waals surface area contributed by atoms with Crippen LogP contribution in [0, 0.1) is 0 Å². The predicted octanol–water partition coefficient (Wildman–Crippen LogP) is 3.98. The van der Waals surface area contributed by atoms with Gasteiger partial charge in [0.1, 0.15) is 34.1 Å². The Morgan fingerprint density at radius 3 is 1.75 bits per heavy atom. The number of hydrogen-bond donors (Lipinski definition) is 0. The van der Waals surface area contributed by atoms with E-state index in [9.17, 15) is 14.2 Å². The molecule has 0 aliphatic heterocycles. The Kier molecular flexibility index (Phi) is 7.33. The summed E-state index contributed by atoms with van der Waals surface area (Å²) in [5, 5.41) is 0.107. The molecule has 0 N–H and O–H groups in total. The third-order valence-corrected chi connectivity index (χ3v) is 6.46. The van der Waals surface area contributed by atoms with Gasteiger partial charge in [0.05, 0.1) is 33.7 Å². The minimum atomic E-state index is -3.15. The van der Waals surface area contributed by atoms with Gasteiger partial charge in [-0.15, -0.1) is 0 Å². The molecule has 0 saturated heterocycles. The third-order valence-electron chi connectivity index (χ3n) is 4.91. The standard InChI is InChI=1S/C24H23O7P/c1-28-16-11-8-12-17(29-2)20(16)24(26)32(27)19-14-13-18(30-3)21(23(19)31-4)22(25)15-9-6-5-7-10-15/h5-14,32H,1-4H3. The molecule has 32 heavy (non-hydrogen) atoms. The molecular weight excluding hydrogens is 431 g/mol. The van der Waals surface area contributed by atoms with Gasteiger partial charge < -0.3 is 23.5 Å². The van der Waals surface area contributed by atoms with Crippen molar-refractivity contribution in [3.63, 3.8) is 0 Å². The molecule has 3 aromatic rings.